The van der Waals surface area contributed by atoms with Crippen molar-refractivity contribution in [3.63, 3.8) is 0 Å². The van der Waals surface area contributed by atoms with Crippen molar-refractivity contribution in [2.75, 3.05) is 45.2 Å². The first-order valence-corrected chi connectivity index (χ1v) is 28.1. The number of aryl methyl sites for hydroxylation is 1. The molecule has 4 N–H and O–H groups in total. The van der Waals surface area contributed by atoms with Crippen LogP contribution in [-0.4, -0.2) is 97.2 Å². The molecule has 0 bridgehead atoms. The number of unbranched alkanes of at least 4 members (excludes halogenated alkanes) is 4. The van der Waals surface area contributed by atoms with Crippen LogP contribution in [0.3, 0.4) is 0 Å². The van der Waals surface area contributed by atoms with Gasteiger partial charge < -0.3 is 24.3 Å². The van der Waals surface area contributed by atoms with Crippen LogP contribution in [-0.2, 0) is 35.9 Å². The lowest BCUT2D eigenvalue weighted by molar-refractivity contribution is -0.882. The molecule has 0 amide bonds. The fourth-order valence-electron chi connectivity index (χ4n) is 11.3. The molecular weight excluding hydrogens is 975 g/mol. The highest BCUT2D eigenvalue weighted by atomic mass is 32.2. The van der Waals surface area contributed by atoms with Gasteiger partial charge in [0.1, 0.15) is 31.1 Å². The third kappa shape index (κ3) is 11.3. The second-order valence-electron chi connectivity index (χ2n) is 21.8. The molecule has 0 fully saturated rings. The van der Waals surface area contributed by atoms with Crippen LogP contribution in [0.4, 0.5) is 11.4 Å². The minimum Gasteiger partial charge on any atom is -0.513 e. The highest BCUT2D eigenvalue weighted by Gasteiger charge is 2.46. The maximum absolute atomic E-state index is 12.2. The number of carboxylic acids is 1. The third-order valence-electron chi connectivity index (χ3n) is 14.7. The summed E-state index contributed by atoms with van der Waals surface area (Å²) in [6, 6.07) is 25.3. The quantitative estimate of drug-likeness (QED) is 0.0203. The molecule has 13 nitrogen and oxygen atoms in total. The van der Waals surface area contributed by atoms with Crippen LogP contribution in [0.15, 0.2) is 154 Å². The number of nitrogens with zero attached hydrogens (tertiary/aromatic N) is 3. The fourth-order valence-corrected chi connectivity index (χ4v) is 12.3. The molecular formula is C59H69N3O10S2+2. The maximum atomic E-state index is 12.2. The maximum Gasteiger partial charge on any atom is 0.303 e. The van der Waals surface area contributed by atoms with Crippen molar-refractivity contribution in [1.82, 2.24) is 0 Å². The van der Waals surface area contributed by atoms with Gasteiger partial charge in [0.05, 0.1) is 35.1 Å². The first-order chi connectivity index (χ1) is 34.8. The van der Waals surface area contributed by atoms with Gasteiger partial charge in [-0.15, -0.1) is 0 Å². The molecule has 0 aliphatic carbocycles. The highest BCUT2D eigenvalue weighted by molar-refractivity contribution is 7.86. The van der Waals surface area contributed by atoms with Crippen molar-refractivity contribution in [2.24, 2.45) is 0 Å². The van der Waals surface area contributed by atoms with Gasteiger partial charge in [-0.2, -0.15) is 21.4 Å². The number of hydrogen-bond acceptors (Lipinski definition) is 8. The molecule has 0 saturated carbocycles. The molecule has 0 spiro atoms. The zero-order chi connectivity index (χ0) is 53.5. The monoisotopic (exact) mass is 1040 g/mol. The Labute approximate surface area is 435 Å². The molecule has 0 saturated heterocycles. The zero-order valence-corrected chi connectivity index (χ0v) is 45.1. The van der Waals surface area contributed by atoms with Gasteiger partial charge in [-0.3, -0.25) is 13.9 Å². The van der Waals surface area contributed by atoms with E-state index in [1.807, 2.05) is 12.1 Å². The first kappa shape index (κ1) is 53.9. The summed E-state index contributed by atoms with van der Waals surface area (Å²) in [7, 11) is -4.56. The zero-order valence-electron chi connectivity index (χ0n) is 43.5. The number of benzene rings is 5. The number of fused-ring (bicyclic) bond motifs is 6. The van der Waals surface area contributed by atoms with Gasteiger partial charge in [-0.25, -0.2) is 0 Å². The number of aliphatic hydroxyl groups excluding tert-OH is 1. The summed E-state index contributed by atoms with van der Waals surface area (Å²) in [4.78, 5) is 13.3. The number of allylic oxidation sites excluding steroid dienone is 5. The highest BCUT2D eigenvalue weighted by Crippen LogP contribution is 2.51. The molecule has 15 heteroatoms. The topological polar surface area (TPSA) is 182 Å². The number of carboxylic acid groups (broad SMARTS) is 1. The molecule has 3 aliphatic rings. The Morgan fingerprint density at radius 1 is 0.730 bits per heavy atom. The lowest BCUT2D eigenvalue weighted by atomic mass is 9.78. The van der Waals surface area contributed by atoms with Crippen LogP contribution >= 0.6 is 0 Å². The van der Waals surface area contributed by atoms with Crippen molar-refractivity contribution < 1.29 is 54.7 Å². The van der Waals surface area contributed by atoms with Crippen molar-refractivity contribution >= 4 is 64.8 Å². The van der Waals surface area contributed by atoms with Gasteiger partial charge >= 0.3 is 5.97 Å². The second-order valence-corrected chi connectivity index (χ2v) is 24.6. The van der Waals surface area contributed by atoms with E-state index in [1.165, 1.54) is 52.9 Å². The van der Waals surface area contributed by atoms with Gasteiger partial charge in [-0.1, -0.05) is 62.7 Å². The Morgan fingerprint density at radius 2 is 1.36 bits per heavy atom. The smallest absolute Gasteiger partial charge is 0.303 e. The van der Waals surface area contributed by atoms with E-state index >= 15 is 0 Å². The number of carbonyl (C=O) groups is 1. The van der Waals surface area contributed by atoms with E-state index in [9.17, 15) is 40.9 Å². The molecule has 0 atom stereocenters. The number of anilines is 1. The summed E-state index contributed by atoms with van der Waals surface area (Å²) < 4.78 is 78.3. The summed E-state index contributed by atoms with van der Waals surface area (Å²) in [6.07, 6.45) is 13.8. The average Bonchev–Trinajstić information content (AvgIpc) is 3.67. The van der Waals surface area contributed by atoms with Crippen molar-refractivity contribution in [3.05, 3.63) is 161 Å². The van der Waals surface area contributed by atoms with E-state index in [-0.39, 0.29) is 22.0 Å². The minimum atomic E-state index is -4.46. The Morgan fingerprint density at radius 3 is 2.05 bits per heavy atom. The molecule has 5 aromatic rings. The Hall–Kier alpha value is -6.36. The normalized spacial score (nSPS) is 18.3. The number of aliphatic carboxylic acids is 1. The fraction of sp³-hybridized carbons (Fsp3) is 0.356. The van der Waals surface area contributed by atoms with Crippen LogP contribution < -0.4 is 9.64 Å². The minimum absolute atomic E-state index is 0.126. The lowest BCUT2D eigenvalue weighted by Crippen LogP contribution is -2.46. The summed E-state index contributed by atoms with van der Waals surface area (Å²) in [5, 5.41) is 23.1. The number of likely N-dealkylation sites (N-methyl/N-ethyl adjacent to an activating group) is 1. The molecule has 5 aromatic carbocycles. The van der Waals surface area contributed by atoms with E-state index in [0.717, 1.165) is 82.4 Å². The van der Waals surface area contributed by atoms with Gasteiger partial charge in [0.25, 0.3) is 20.2 Å². The number of aliphatic hydroxyl groups is 1. The van der Waals surface area contributed by atoms with Crippen molar-refractivity contribution in [2.45, 2.75) is 107 Å². The Kier molecular flexibility index (Phi) is 15.1. The van der Waals surface area contributed by atoms with E-state index in [4.69, 9.17) is 4.74 Å². The van der Waals surface area contributed by atoms with E-state index in [1.54, 1.807) is 6.07 Å². The molecule has 8 rings (SSSR count). The summed E-state index contributed by atoms with van der Waals surface area (Å²) in [5.41, 5.74) is 8.39. The van der Waals surface area contributed by atoms with Crippen LogP contribution in [0.2, 0.25) is 0 Å². The predicted molar refractivity (Wildman–Crippen MR) is 293 cm³/mol. The summed E-state index contributed by atoms with van der Waals surface area (Å²) >= 11 is 0. The second kappa shape index (κ2) is 20.7. The Bertz CT molecular complexity index is 3470. The average molecular weight is 1040 g/mol. The van der Waals surface area contributed by atoms with Crippen LogP contribution in [0, 0.1) is 6.92 Å². The van der Waals surface area contributed by atoms with Crippen LogP contribution in [0.5, 0.6) is 5.75 Å². The van der Waals surface area contributed by atoms with Crippen molar-refractivity contribution in [3.8, 4) is 5.75 Å². The first-order valence-electron chi connectivity index (χ1n) is 25.3. The number of hydrogen-bond donors (Lipinski definition) is 4. The SMILES string of the molecule is C=C(O)CCCCCN1/C(=C/C=C2\C[N+](C)(C)CC(/C=C/C3=[N+](CCCCCC(=O)O)c4ccc5cc(C)ccc5c4C3(C)C)=C2Oc2ccc(S(=O)(=O)O)cc2)C(C)(C)c2c1ccc1cc(S(=O)(=O)O)ccc21. The predicted octanol–water partition coefficient (Wildman–Crippen LogP) is 12.0. The summed E-state index contributed by atoms with van der Waals surface area (Å²) in [5.74, 6) is 0.350. The van der Waals surface area contributed by atoms with E-state index in [2.05, 4.69) is 119 Å². The lowest BCUT2D eigenvalue weighted by Gasteiger charge is -2.36. The third-order valence-corrected chi connectivity index (χ3v) is 16.5. The van der Waals surface area contributed by atoms with Crippen LogP contribution in [0.1, 0.15) is 95.8 Å². The van der Waals surface area contributed by atoms with E-state index in [0.29, 0.717) is 60.4 Å². The molecule has 0 aromatic heterocycles. The molecule has 3 heterocycles. The summed E-state index contributed by atoms with van der Waals surface area (Å²) in [6.45, 7) is 17.1. The number of quaternary nitrogens is 1. The molecule has 3 aliphatic heterocycles. The molecule has 74 heavy (non-hydrogen) atoms. The number of ether oxygens (including phenoxy) is 1. The number of rotatable bonds is 19. The van der Waals surface area contributed by atoms with Crippen molar-refractivity contribution in [1.29, 1.82) is 0 Å². The van der Waals surface area contributed by atoms with Gasteiger partial charge in [0.15, 0.2) is 5.71 Å². The molecule has 0 unspecified atom stereocenters. The van der Waals surface area contributed by atoms with Gasteiger partial charge in [0, 0.05) is 71.5 Å². The van der Waals surface area contributed by atoms with Gasteiger partial charge in [-0.05, 0) is 140 Å². The molecule has 0 radical (unpaired) electrons. The van der Waals surface area contributed by atoms with Gasteiger partial charge in [0.2, 0.25) is 5.69 Å². The Balaban J connectivity index is 1.28. The molecule has 390 valence electrons. The largest absolute Gasteiger partial charge is 0.513 e. The van der Waals surface area contributed by atoms with Crippen LogP contribution in [0.25, 0.3) is 21.5 Å². The standard InChI is InChI=1S/C59H67N3O10S2/c1-39-17-27-48-41(35-39)18-29-50-55(48)58(3,4)52(61(50)34-14-10-12-16-54(64)65)31-20-43-37-62(7,8)38-44(57(43)72-45-22-24-46(25-23-45)73(66,67)68)21-32-53-59(5,6)56-49-28-26-47(74(69,70)71)36-42(49)19-30-51(56)60(53)33-13-9-11-15-40(2)63/h17-32,35-36H,2,9-16,33-34,37-38H2,1,3-8H3,(H2-2,63,64,65,66,67,68,69,70,71)/p+2. The van der Waals surface area contributed by atoms with E-state index < -0.39 is 37.0 Å².